The predicted molar refractivity (Wildman–Crippen MR) is 116 cm³/mol. The number of alkyl halides is 3. The van der Waals surface area contributed by atoms with Crippen LogP contribution in [0.1, 0.15) is 5.56 Å². The van der Waals surface area contributed by atoms with Crippen molar-refractivity contribution in [2.24, 2.45) is 0 Å². The number of pyridine rings is 1. The largest absolute Gasteiger partial charge is 0.457 e. The fourth-order valence-corrected chi connectivity index (χ4v) is 3.13. The average molecular weight is 420 g/mol. The number of hydrogen-bond donors (Lipinski definition) is 0. The van der Waals surface area contributed by atoms with Crippen LogP contribution in [0.25, 0.3) is 11.3 Å². The third-order valence-corrected chi connectivity index (χ3v) is 4.84. The van der Waals surface area contributed by atoms with Crippen LogP contribution in [-0.2, 0) is 6.18 Å². The van der Waals surface area contributed by atoms with Gasteiger partial charge in [0.05, 0.1) is 11.3 Å². The van der Waals surface area contributed by atoms with Crippen molar-refractivity contribution < 1.29 is 17.9 Å². The highest BCUT2D eigenvalue weighted by Crippen LogP contribution is 2.32. The number of ether oxygens (including phenoxy) is 1. The van der Waals surface area contributed by atoms with Gasteiger partial charge in [-0.15, -0.1) is 0 Å². The number of para-hydroxylation sites is 1. The molecule has 0 aliphatic carbocycles. The van der Waals surface area contributed by atoms with Crippen LogP contribution < -0.4 is 9.64 Å². The minimum absolute atomic E-state index is 0.338. The zero-order valence-corrected chi connectivity index (χ0v) is 16.7. The highest BCUT2D eigenvalue weighted by Gasteiger charge is 2.30. The van der Waals surface area contributed by atoms with Crippen molar-refractivity contribution in [1.82, 2.24) is 4.98 Å². The third kappa shape index (κ3) is 4.86. The first kappa shape index (κ1) is 20.5. The maximum atomic E-state index is 12.7. The van der Waals surface area contributed by atoms with Gasteiger partial charge in [0, 0.05) is 30.2 Å². The molecule has 0 saturated carbocycles. The van der Waals surface area contributed by atoms with Gasteiger partial charge in [0.1, 0.15) is 11.5 Å². The van der Waals surface area contributed by atoms with E-state index in [0.717, 1.165) is 34.8 Å². The molecular formula is C25H19F3N2O. The van der Waals surface area contributed by atoms with E-state index < -0.39 is 11.7 Å². The van der Waals surface area contributed by atoms with Gasteiger partial charge in [-0.3, -0.25) is 4.98 Å². The first-order chi connectivity index (χ1) is 14.9. The molecule has 0 amide bonds. The first-order valence-electron chi connectivity index (χ1n) is 9.60. The molecule has 0 unspecified atom stereocenters. The second-order valence-corrected chi connectivity index (χ2v) is 6.94. The summed E-state index contributed by atoms with van der Waals surface area (Å²) in [5.41, 5.74) is 3.08. The summed E-state index contributed by atoms with van der Waals surface area (Å²) in [6, 6.07) is 25.9. The molecule has 0 aliphatic heterocycles. The molecule has 31 heavy (non-hydrogen) atoms. The van der Waals surface area contributed by atoms with Crippen LogP contribution in [0.5, 0.6) is 11.5 Å². The van der Waals surface area contributed by atoms with Crippen molar-refractivity contribution in [2.75, 3.05) is 11.9 Å². The summed E-state index contributed by atoms with van der Waals surface area (Å²) in [6.45, 7) is 0. The van der Waals surface area contributed by atoms with Crippen molar-refractivity contribution in [3.05, 3.63) is 103 Å². The molecule has 156 valence electrons. The standard InChI is InChI=1S/C25H19F3N2O/c1-30(20-5-3-2-4-6-20)21-15-16-29-24(17-21)18-7-11-22(12-8-18)31-23-13-9-19(10-14-23)25(26,27)28/h2-17H,1H3. The molecule has 0 atom stereocenters. The molecule has 4 aromatic rings. The Kier molecular flexibility index (Phi) is 5.62. The normalized spacial score (nSPS) is 11.2. The summed E-state index contributed by atoms with van der Waals surface area (Å²) in [5.74, 6) is 0.867. The van der Waals surface area contributed by atoms with Gasteiger partial charge >= 0.3 is 6.18 Å². The molecular weight excluding hydrogens is 401 g/mol. The van der Waals surface area contributed by atoms with Crippen LogP contribution in [0.4, 0.5) is 24.5 Å². The number of anilines is 2. The number of aromatic nitrogens is 1. The Hall–Kier alpha value is -3.80. The summed E-state index contributed by atoms with van der Waals surface area (Å²) in [6.07, 6.45) is -2.60. The topological polar surface area (TPSA) is 25.4 Å². The minimum Gasteiger partial charge on any atom is -0.457 e. The Balaban J connectivity index is 1.49. The lowest BCUT2D eigenvalue weighted by Crippen LogP contribution is -2.09. The van der Waals surface area contributed by atoms with Crippen molar-refractivity contribution in [1.29, 1.82) is 0 Å². The molecule has 0 aliphatic rings. The van der Waals surface area contributed by atoms with E-state index in [9.17, 15) is 13.2 Å². The monoisotopic (exact) mass is 420 g/mol. The van der Waals surface area contributed by atoms with E-state index >= 15 is 0 Å². The van der Waals surface area contributed by atoms with E-state index in [2.05, 4.69) is 9.88 Å². The molecule has 0 fully saturated rings. The molecule has 0 saturated heterocycles. The molecule has 0 spiro atoms. The van der Waals surface area contributed by atoms with E-state index in [1.54, 1.807) is 18.3 Å². The van der Waals surface area contributed by atoms with Crippen LogP contribution in [0.2, 0.25) is 0 Å². The van der Waals surface area contributed by atoms with Crippen LogP contribution in [-0.4, -0.2) is 12.0 Å². The molecule has 1 heterocycles. The van der Waals surface area contributed by atoms with E-state index in [1.807, 2.05) is 61.6 Å². The third-order valence-electron chi connectivity index (χ3n) is 4.84. The highest BCUT2D eigenvalue weighted by atomic mass is 19.4. The van der Waals surface area contributed by atoms with Gasteiger partial charge in [-0.25, -0.2) is 0 Å². The maximum Gasteiger partial charge on any atom is 0.416 e. The van der Waals surface area contributed by atoms with E-state index in [0.29, 0.717) is 11.5 Å². The SMILES string of the molecule is CN(c1ccccc1)c1ccnc(-c2ccc(Oc3ccc(C(F)(F)F)cc3)cc2)c1. The number of nitrogens with zero attached hydrogens (tertiary/aromatic N) is 2. The van der Waals surface area contributed by atoms with Gasteiger partial charge in [-0.05, 0) is 72.8 Å². The first-order valence-corrected chi connectivity index (χ1v) is 9.60. The summed E-state index contributed by atoms with van der Waals surface area (Å²) < 4.78 is 43.7. The fourth-order valence-electron chi connectivity index (χ4n) is 3.13. The number of rotatable bonds is 5. The molecule has 0 radical (unpaired) electrons. The minimum atomic E-state index is -4.36. The molecule has 4 rings (SSSR count). The molecule has 6 heteroatoms. The smallest absolute Gasteiger partial charge is 0.416 e. The summed E-state index contributed by atoms with van der Waals surface area (Å²) in [4.78, 5) is 6.53. The van der Waals surface area contributed by atoms with E-state index in [1.165, 1.54) is 12.1 Å². The summed E-state index contributed by atoms with van der Waals surface area (Å²) in [5, 5.41) is 0. The lowest BCUT2D eigenvalue weighted by atomic mass is 10.1. The number of halogens is 3. The van der Waals surface area contributed by atoms with E-state index in [-0.39, 0.29) is 0 Å². The second-order valence-electron chi connectivity index (χ2n) is 6.94. The highest BCUT2D eigenvalue weighted by molar-refractivity contribution is 5.69. The number of benzene rings is 3. The average Bonchev–Trinajstić information content (AvgIpc) is 2.79. The van der Waals surface area contributed by atoms with Gasteiger partial charge in [0.15, 0.2) is 0 Å². The fraction of sp³-hybridized carbons (Fsp3) is 0.0800. The van der Waals surface area contributed by atoms with Crippen LogP contribution in [0, 0.1) is 0 Å². The van der Waals surface area contributed by atoms with Gasteiger partial charge in [0.2, 0.25) is 0 Å². The Labute approximate surface area is 178 Å². The van der Waals surface area contributed by atoms with Crippen LogP contribution in [0.15, 0.2) is 97.2 Å². The van der Waals surface area contributed by atoms with Crippen molar-refractivity contribution >= 4 is 11.4 Å². The zero-order chi connectivity index (χ0) is 21.8. The number of hydrogen-bond acceptors (Lipinski definition) is 3. The lowest BCUT2D eigenvalue weighted by Gasteiger charge is -2.20. The molecule has 0 bridgehead atoms. The van der Waals surface area contributed by atoms with Gasteiger partial charge in [-0.2, -0.15) is 13.2 Å². The predicted octanol–water partition coefficient (Wildman–Crippen LogP) is 7.33. The summed E-state index contributed by atoms with van der Waals surface area (Å²) >= 11 is 0. The van der Waals surface area contributed by atoms with E-state index in [4.69, 9.17) is 4.74 Å². The van der Waals surface area contributed by atoms with Crippen molar-refractivity contribution in [2.45, 2.75) is 6.18 Å². The zero-order valence-electron chi connectivity index (χ0n) is 16.7. The Bertz CT molecular complexity index is 1140. The summed E-state index contributed by atoms with van der Waals surface area (Å²) in [7, 11) is 2.00. The van der Waals surface area contributed by atoms with Crippen LogP contribution >= 0.6 is 0 Å². The molecule has 3 aromatic carbocycles. The molecule has 1 aromatic heterocycles. The van der Waals surface area contributed by atoms with Crippen molar-refractivity contribution in [3.8, 4) is 22.8 Å². The van der Waals surface area contributed by atoms with Gasteiger partial charge in [0.25, 0.3) is 0 Å². The Morgan fingerprint density at radius 3 is 1.97 bits per heavy atom. The second kappa shape index (κ2) is 8.52. The van der Waals surface area contributed by atoms with Crippen LogP contribution in [0.3, 0.4) is 0 Å². The molecule has 3 nitrogen and oxygen atoms in total. The lowest BCUT2D eigenvalue weighted by molar-refractivity contribution is -0.137. The Morgan fingerprint density at radius 2 is 1.35 bits per heavy atom. The maximum absolute atomic E-state index is 12.7. The quantitative estimate of drug-likeness (QED) is 0.338. The van der Waals surface area contributed by atoms with Gasteiger partial charge in [-0.1, -0.05) is 18.2 Å². The van der Waals surface area contributed by atoms with Crippen molar-refractivity contribution in [3.63, 3.8) is 0 Å². The Morgan fingerprint density at radius 1 is 0.742 bits per heavy atom. The molecule has 0 N–H and O–H groups in total. The van der Waals surface area contributed by atoms with Gasteiger partial charge < -0.3 is 9.64 Å².